The summed E-state index contributed by atoms with van der Waals surface area (Å²) < 4.78 is 0. The predicted molar refractivity (Wildman–Crippen MR) is 94.3 cm³/mol. The van der Waals surface area contributed by atoms with Gasteiger partial charge in [0.1, 0.15) is 0 Å². The van der Waals surface area contributed by atoms with Gasteiger partial charge in [-0.25, -0.2) is 4.79 Å². The lowest BCUT2D eigenvalue weighted by molar-refractivity contribution is -0.129. The maximum atomic E-state index is 12.3. The molecule has 0 bridgehead atoms. The fourth-order valence-electron chi connectivity index (χ4n) is 2.93. The summed E-state index contributed by atoms with van der Waals surface area (Å²) in [5.41, 5.74) is 0.785. The molecule has 2 N–H and O–H groups in total. The van der Waals surface area contributed by atoms with Crippen LogP contribution in [0.25, 0.3) is 0 Å². The Morgan fingerprint density at radius 3 is 2.58 bits per heavy atom. The molecule has 3 amide bonds. The summed E-state index contributed by atoms with van der Waals surface area (Å²) in [7, 11) is 0. The van der Waals surface area contributed by atoms with Crippen LogP contribution in [0.4, 0.5) is 4.79 Å². The van der Waals surface area contributed by atoms with Crippen LogP contribution in [0.5, 0.6) is 0 Å². The fourth-order valence-corrected chi connectivity index (χ4v) is 3.41. The Balaban J connectivity index is 1.46. The summed E-state index contributed by atoms with van der Waals surface area (Å²) >= 11 is 12.2. The van der Waals surface area contributed by atoms with Gasteiger partial charge in [-0.15, -0.1) is 0 Å². The van der Waals surface area contributed by atoms with Gasteiger partial charge < -0.3 is 15.5 Å². The highest BCUT2D eigenvalue weighted by atomic mass is 35.5. The topological polar surface area (TPSA) is 61.4 Å². The Morgan fingerprint density at radius 2 is 1.96 bits per heavy atom. The number of likely N-dealkylation sites (tertiary alicyclic amines) is 1. The quantitative estimate of drug-likeness (QED) is 0.854. The van der Waals surface area contributed by atoms with Crippen molar-refractivity contribution >= 4 is 35.1 Å². The number of benzene rings is 1. The third-order valence-corrected chi connectivity index (χ3v) is 5.61. The molecule has 24 heavy (non-hydrogen) atoms. The Kier molecular flexibility index (Phi) is 5.21. The summed E-state index contributed by atoms with van der Waals surface area (Å²) in [6.07, 6.45) is 3.11. The van der Waals surface area contributed by atoms with Crippen molar-refractivity contribution in [3.05, 3.63) is 33.8 Å². The normalized spacial score (nSPS) is 19.2. The first-order valence-electron chi connectivity index (χ1n) is 8.25. The Labute approximate surface area is 151 Å². The van der Waals surface area contributed by atoms with Gasteiger partial charge in [-0.2, -0.15) is 0 Å². The minimum Gasteiger partial charge on any atom is -0.350 e. The molecule has 1 aromatic rings. The van der Waals surface area contributed by atoms with Crippen LogP contribution >= 0.6 is 23.2 Å². The average Bonchev–Trinajstić information content (AvgIpc) is 2.43. The van der Waals surface area contributed by atoms with E-state index in [0.29, 0.717) is 23.1 Å². The zero-order chi connectivity index (χ0) is 17.3. The van der Waals surface area contributed by atoms with Gasteiger partial charge in [-0.05, 0) is 31.4 Å². The van der Waals surface area contributed by atoms with Crippen molar-refractivity contribution in [1.29, 1.82) is 0 Å². The number of urea groups is 1. The largest absolute Gasteiger partial charge is 0.350 e. The van der Waals surface area contributed by atoms with Gasteiger partial charge in [0.2, 0.25) is 5.91 Å². The molecule has 5 nitrogen and oxygen atoms in total. The van der Waals surface area contributed by atoms with Crippen LogP contribution in [0, 0.1) is 5.92 Å². The molecule has 1 aliphatic heterocycles. The van der Waals surface area contributed by atoms with E-state index in [4.69, 9.17) is 23.2 Å². The number of carbonyl (C=O) groups excluding carboxylic acids is 2. The number of nitrogens with zero attached hydrogens (tertiary/aromatic N) is 1. The second-order valence-corrected chi connectivity index (χ2v) is 7.34. The molecule has 1 atom stereocenters. The van der Waals surface area contributed by atoms with E-state index in [-0.39, 0.29) is 29.9 Å². The van der Waals surface area contributed by atoms with E-state index in [1.54, 1.807) is 11.0 Å². The average molecular weight is 370 g/mol. The highest BCUT2D eigenvalue weighted by molar-refractivity contribution is 6.42. The number of hydrogen-bond donors (Lipinski definition) is 2. The second-order valence-electron chi connectivity index (χ2n) is 6.55. The second kappa shape index (κ2) is 7.19. The zero-order valence-corrected chi connectivity index (χ0v) is 15.0. The Hall–Kier alpha value is -1.46. The number of halogens is 2. The summed E-state index contributed by atoms with van der Waals surface area (Å²) in [6, 6.07) is 5.03. The van der Waals surface area contributed by atoms with Gasteiger partial charge in [-0.1, -0.05) is 41.8 Å². The molecular weight excluding hydrogens is 349 g/mol. The van der Waals surface area contributed by atoms with E-state index in [0.717, 1.165) is 24.8 Å². The van der Waals surface area contributed by atoms with Crippen LogP contribution in [0.3, 0.4) is 0 Å². The van der Waals surface area contributed by atoms with Crippen LogP contribution in [-0.2, 0) is 4.79 Å². The lowest BCUT2D eigenvalue weighted by Crippen LogP contribution is -2.63. The monoisotopic (exact) mass is 369 g/mol. The van der Waals surface area contributed by atoms with Gasteiger partial charge in [0, 0.05) is 19.0 Å². The van der Waals surface area contributed by atoms with E-state index in [2.05, 4.69) is 10.6 Å². The Morgan fingerprint density at radius 1 is 1.25 bits per heavy atom. The van der Waals surface area contributed by atoms with Crippen LogP contribution in [0.1, 0.15) is 37.8 Å². The van der Waals surface area contributed by atoms with Crippen molar-refractivity contribution in [3.8, 4) is 0 Å². The molecule has 0 spiro atoms. The zero-order valence-electron chi connectivity index (χ0n) is 13.5. The van der Waals surface area contributed by atoms with Crippen molar-refractivity contribution in [1.82, 2.24) is 15.5 Å². The number of hydrogen-bond acceptors (Lipinski definition) is 2. The first kappa shape index (κ1) is 17.4. The molecule has 1 aromatic carbocycles. The van der Waals surface area contributed by atoms with E-state index < -0.39 is 0 Å². The number of nitrogens with one attached hydrogen (secondary N) is 2. The van der Waals surface area contributed by atoms with Crippen LogP contribution in [-0.4, -0.2) is 36.0 Å². The van der Waals surface area contributed by atoms with Crippen LogP contribution in [0.15, 0.2) is 18.2 Å². The molecule has 2 aliphatic rings. The predicted octanol–water partition coefficient (Wildman–Crippen LogP) is 3.36. The SMILES string of the molecule is C[C@@H](NC(=O)N1CC(NC(=O)C2CCC2)C1)c1cccc(Cl)c1Cl. The van der Waals surface area contributed by atoms with Crippen molar-refractivity contribution < 1.29 is 9.59 Å². The van der Waals surface area contributed by atoms with E-state index in [9.17, 15) is 9.59 Å². The van der Waals surface area contributed by atoms with Gasteiger partial charge in [0.15, 0.2) is 0 Å². The molecule has 0 unspecified atom stereocenters. The number of carbonyl (C=O) groups is 2. The molecule has 7 heteroatoms. The highest BCUT2D eigenvalue weighted by Crippen LogP contribution is 2.30. The summed E-state index contributed by atoms with van der Waals surface area (Å²) in [5, 5.41) is 6.85. The van der Waals surface area contributed by atoms with Gasteiger partial charge in [-0.3, -0.25) is 4.79 Å². The minimum atomic E-state index is -0.243. The molecule has 1 heterocycles. The highest BCUT2D eigenvalue weighted by Gasteiger charge is 2.35. The maximum Gasteiger partial charge on any atom is 0.318 e. The van der Waals surface area contributed by atoms with Gasteiger partial charge >= 0.3 is 6.03 Å². The summed E-state index contributed by atoms with van der Waals surface area (Å²) in [5.74, 6) is 0.309. The third kappa shape index (κ3) is 3.62. The van der Waals surface area contributed by atoms with Gasteiger partial charge in [0.25, 0.3) is 0 Å². The fraction of sp³-hybridized carbons (Fsp3) is 0.529. The number of amides is 3. The smallest absolute Gasteiger partial charge is 0.318 e. The van der Waals surface area contributed by atoms with E-state index in [1.807, 2.05) is 19.1 Å². The molecule has 0 aromatic heterocycles. The van der Waals surface area contributed by atoms with Crippen molar-refractivity contribution in [3.63, 3.8) is 0 Å². The van der Waals surface area contributed by atoms with Gasteiger partial charge in [0.05, 0.1) is 22.1 Å². The van der Waals surface area contributed by atoms with Crippen molar-refractivity contribution in [2.24, 2.45) is 5.92 Å². The maximum absolute atomic E-state index is 12.3. The van der Waals surface area contributed by atoms with Crippen LogP contribution in [0.2, 0.25) is 10.0 Å². The molecular formula is C17H21Cl2N3O2. The molecule has 1 saturated heterocycles. The van der Waals surface area contributed by atoms with Crippen molar-refractivity contribution in [2.45, 2.75) is 38.3 Å². The lowest BCUT2D eigenvalue weighted by Gasteiger charge is -2.41. The van der Waals surface area contributed by atoms with Crippen LogP contribution < -0.4 is 10.6 Å². The summed E-state index contributed by atoms with van der Waals surface area (Å²) in [6.45, 7) is 2.95. The molecule has 1 saturated carbocycles. The van der Waals surface area contributed by atoms with Crippen molar-refractivity contribution in [2.75, 3.05) is 13.1 Å². The summed E-state index contributed by atoms with van der Waals surface area (Å²) in [4.78, 5) is 25.8. The minimum absolute atomic E-state index is 0.0638. The molecule has 3 rings (SSSR count). The molecule has 2 fully saturated rings. The standard InChI is InChI=1S/C17H21Cl2N3O2/c1-10(13-6-3-7-14(18)15(13)19)20-17(24)22-8-12(9-22)21-16(23)11-4-2-5-11/h3,6-7,10-12H,2,4-5,8-9H2,1H3,(H,20,24)(H,21,23)/t10-/m1/s1. The lowest BCUT2D eigenvalue weighted by atomic mass is 9.84. The first-order valence-corrected chi connectivity index (χ1v) is 9.01. The molecule has 0 radical (unpaired) electrons. The molecule has 130 valence electrons. The molecule has 1 aliphatic carbocycles. The van der Waals surface area contributed by atoms with E-state index >= 15 is 0 Å². The number of rotatable bonds is 4. The first-order chi connectivity index (χ1) is 11.5. The van der Waals surface area contributed by atoms with E-state index in [1.165, 1.54) is 0 Å². The Bertz CT molecular complexity index is 643. The third-order valence-electron chi connectivity index (χ3n) is 4.78.